The summed E-state index contributed by atoms with van der Waals surface area (Å²) < 4.78 is 5.94. The van der Waals surface area contributed by atoms with E-state index in [-0.39, 0.29) is 0 Å². The van der Waals surface area contributed by atoms with Crippen molar-refractivity contribution < 1.29 is 4.74 Å². The Labute approximate surface area is 345 Å². The van der Waals surface area contributed by atoms with Crippen LogP contribution in [-0.4, -0.2) is 13.2 Å². The Kier molecular flexibility index (Phi) is 52.9. The van der Waals surface area contributed by atoms with Crippen LogP contribution < -0.4 is 0 Å². The molecule has 1 heteroatoms. The molecule has 0 amide bonds. The van der Waals surface area contributed by atoms with Gasteiger partial charge in [0.25, 0.3) is 0 Å². The normalized spacial score (nSPS) is 11.7. The van der Waals surface area contributed by atoms with Crippen molar-refractivity contribution in [3.63, 3.8) is 0 Å². The Balaban J connectivity index is 3.05. The Morgan fingerprint density at radius 2 is 0.259 bits per heavy atom. The van der Waals surface area contributed by atoms with E-state index in [0.29, 0.717) is 0 Å². The van der Waals surface area contributed by atoms with Crippen LogP contribution in [0.25, 0.3) is 0 Å². The summed E-state index contributed by atoms with van der Waals surface area (Å²) in [6.07, 6.45) is 71.4. The van der Waals surface area contributed by atoms with Gasteiger partial charge in [-0.1, -0.05) is 316 Å². The van der Waals surface area contributed by atoms with Crippen LogP contribution in [0.1, 0.15) is 328 Å². The van der Waals surface area contributed by atoms with Gasteiger partial charge in [-0.15, -0.1) is 0 Å². The van der Waals surface area contributed by atoms with E-state index in [0.717, 1.165) is 13.2 Å². The van der Waals surface area contributed by atoms with Gasteiger partial charge >= 0.3 is 0 Å². The van der Waals surface area contributed by atoms with Gasteiger partial charge in [-0.2, -0.15) is 0 Å². The van der Waals surface area contributed by atoms with E-state index in [1.165, 1.54) is 315 Å². The minimum atomic E-state index is 0.999. The number of unbranched alkanes of at least 4 members (excludes halogenated alkanes) is 47. The highest BCUT2D eigenvalue weighted by Crippen LogP contribution is 2.18. The topological polar surface area (TPSA) is 9.23 Å². The molecule has 0 saturated carbocycles. The van der Waals surface area contributed by atoms with Gasteiger partial charge < -0.3 is 4.74 Å². The van der Waals surface area contributed by atoms with E-state index in [9.17, 15) is 0 Å². The predicted octanol–water partition coefficient (Wildman–Crippen LogP) is 20.2. The molecule has 0 rings (SSSR count). The number of hydrogen-bond acceptors (Lipinski definition) is 1. The van der Waals surface area contributed by atoms with Crippen molar-refractivity contribution in [3.05, 3.63) is 0 Å². The van der Waals surface area contributed by atoms with Gasteiger partial charge in [0.2, 0.25) is 0 Å². The minimum absolute atomic E-state index is 0.999. The van der Waals surface area contributed by atoms with Crippen LogP contribution in [0.5, 0.6) is 0 Å². The molecule has 0 saturated heterocycles. The third kappa shape index (κ3) is 52.0. The maximum atomic E-state index is 5.94. The lowest BCUT2D eigenvalue weighted by molar-refractivity contribution is 0.125. The summed E-state index contributed by atoms with van der Waals surface area (Å²) in [5.74, 6) is 0. The molecule has 0 aromatic heterocycles. The van der Waals surface area contributed by atoms with E-state index < -0.39 is 0 Å². The molecule has 0 fully saturated rings. The van der Waals surface area contributed by atoms with E-state index in [1.807, 2.05) is 0 Å². The molecule has 0 unspecified atom stereocenters. The Bertz CT molecular complexity index is 548. The summed E-state index contributed by atoms with van der Waals surface area (Å²) in [4.78, 5) is 0. The molecule has 0 atom stereocenters. The number of rotatable bonds is 51. The zero-order chi connectivity index (χ0) is 38.8. The summed E-state index contributed by atoms with van der Waals surface area (Å²) in [6.45, 7) is 6.62. The summed E-state index contributed by atoms with van der Waals surface area (Å²) in [5, 5.41) is 0. The maximum absolute atomic E-state index is 5.94. The van der Waals surface area contributed by atoms with Gasteiger partial charge in [0.1, 0.15) is 0 Å². The molecule has 1 nitrogen and oxygen atoms in total. The van der Waals surface area contributed by atoms with Crippen LogP contribution in [-0.2, 0) is 4.74 Å². The van der Waals surface area contributed by atoms with E-state index in [2.05, 4.69) is 13.8 Å². The third-order valence-corrected chi connectivity index (χ3v) is 12.5. The Hall–Kier alpha value is -0.0400. The second kappa shape index (κ2) is 53.0. The second-order valence-electron chi connectivity index (χ2n) is 18.2. The molecule has 0 aliphatic carbocycles. The summed E-state index contributed by atoms with van der Waals surface area (Å²) in [6, 6.07) is 0. The van der Waals surface area contributed by atoms with Gasteiger partial charge in [0.15, 0.2) is 0 Å². The zero-order valence-corrected chi connectivity index (χ0v) is 38.5. The van der Waals surface area contributed by atoms with Crippen LogP contribution in [0.3, 0.4) is 0 Å². The standard InChI is InChI=1S/C53H108O/c1-3-5-7-9-11-13-15-17-19-21-23-25-27-28-29-31-33-35-37-39-41-43-45-47-49-51-53-54-52-50-48-46-44-42-40-38-36-34-32-30-26-24-22-20-18-16-14-12-10-8-6-4-2/h3-53H2,1-2H3. The van der Waals surface area contributed by atoms with Crippen molar-refractivity contribution in [2.75, 3.05) is 13.2 Å². The third-order valence-electron chi connectivity index (χ3n) is 12.5. The van der Waals surface area contributed by atoms with Crippen LogP contribution >= 0.6 is 0 Å². The van der Waals surface area contributed by atoms with Crippen molar-refractivity contribution in [1.29, 1.82) is 0 Å². The summed E-state index contributed by atoms with van der Waals surface area (Å²) in [7, 11) is 0. The van der Waals surface area contributed by atoms with Crippen molar-refractivity contribution in [2.45, 2.75) is 328 Å². The maximum Gasteiger partial charge on any atom is 0.0466 e. The monoisotopic (exact) mass is 761 g/mol. The number of hydrogen-bond donors (Lipinski definition) is 0. The van der Waals surface area contributed by atoms with Crippen molar-refractivity contribution in [2.24, 2.45) is 0 Å². The lowest BCUT2D eigenvalue weighted by Crippen LogP contribution is -1.97. The van der Waals surface area contributed by atoms with Crippen LogP contribution in [0.15, 0.2) is 0 Å². The fourth-order valence-electron chi connectivity index (χ4n) is 8.61. The predicted molar refractivity (Wildman–Crippen MR) is 248 cm³/mol. The van der Waals surface area contributed by atoms with Crippen molar-refractivity contribution in [3.8, 4) is 0 Å². The first-order chi connectivity index (χ1) is 26.9. The average Bonchev–Trinajstić information content (AvgIpc) is 3.18. The highest BCUT2D eigenvalue weighted by molar-refractivity contribution is 4.54. The van der Waals surface area contributed by atoms with Gasteiger partial charge in [-0.25, -0.2) is 0 Å². The van der Waals surface area contributed by atoms with Gasteiger partial charge in [-0.3, -0.25) is 0 Å². The first-order valence-electron chi connectivity index (χ1n) is 26.5. The first kappa shape index (κ1) is 54.0. The minimum Gasteiger partial charge on any atom is -0.381 e. The number of ether oxygens (including phenoxy) is 1. The van der Waals surface area contributed by atoms with Crippen LogP contribution in [0.2, 0.25) is 0 Å². The molecule has 0 aromatic carbocycles. The molecule has 54 heavy (non-hydrogen) atoms. The van der Waals surface area contributed by atoms with Crippen molar-refractivity contribution >= 4 is 0 Å². The zero-order valence-electron chi connectivity index (χ0n) is 38.5. The molecule has 0 spiro atoms. The largest absolute Gasteiger partial charge is 0.381 e. The lowest BCUT2D eigenvalue weighted by atomic mass is 10.0. The van der Waals surface area contributed by atoms with Gasteiger partial charge in [0, 0.05) is 13.2 Å². The summed E-state index contributed by atoms with van der Waals surface area (Å²) in [5.41, 5.74) is 0. The summed E-state index contributed by atoms with van der Waals surface area (Å²) >= 11 is 0. The molecule has 0 heterocycles. The molecule has 0 aliphatic rings. The molecule has 0 N–H and O–H groups in total. The first-order valence-corrected chi connectivity index (χ1v) is 26.5. The smallest absolute Gasteiger partial charge is 0.0466 e. The van der Waals surface area contributed by atoms with Crippen LogP contribution in [0, 0.1) is 0 Å². The highest BCUT2D eigenvalue weighted by Gasteiger charge is 1.99. The molecule has 0 aliphatic heterocycles. The SMILES string of the molecule is CCCCCCCCCCCCCCCCCCCCCCCCCCCCOCCCCCCCCCCCCCCCCCCCCCCCCC. The quantitative estimate of drug-likeness (QED) is 0.0561. The Morgan fingerprint density at radius 3 is 0.389 bits per heavy atom. The highest BCUT2D eigenvalue weighted by atomic mass is 16.5. The fraction of sp³-hybridized carbons (Fsp3) is 1.00. The van der Waals surface area contributed by atoms with E-state index in [4.69, 9.17) is 4.74 Å². The molecular weight excluding hydrogens is 653 g/mol. The van der Waals surface area contributed by atoms with E-state index >= 15 is 0 Å². The molecule has 326 valence electrons. The lowest BCUT2D eigenvalue weighted by Gasteiger charge is -2.06. The molecule has 0 radical (unpaired) electrons. The van der Waals surface area contributed by atoms with E-state index in [1.54, 1.807) is 0 Å². The molecular formula is C53H108O. The van der Waals surface area contributed by atoms with Gasteiger partial charge in [0.05, 0.1) is 0 Å². The molecule has 0 aromatic rings. The fourth-order valence-corrected chi connectivity index (χ4v) is 8.61. The second-order valence-corrected chi connectivity index (χ2v) is 18.2. The van der Waals surface area contributed by atoms with Crippen molar-refractivity contribution in [1.82, 2.24) is 0 Å². The van der Waals surface area contributed by atoms with Gasteiger partial charge in [-0.05, 0) is 12.8 Å². The Morgan fingerprint density at radius 1 is 0.148 bits per heavy atom. The average molecular weight is 761 g/mol. The van der Waals surface area contributed by atoms with Crippen LogP contribution in [0.4, 0.5) is 0 Å². The molecule has 0 bridgehead atoms.